The molecule has 2 saturated heterocycles. The van der Waals surface area contributed by atoms with Crippen LogP contribution in [0.3, 0.4) is 0 Å². The molecular weight excluding hydrogens is 270 g/mol. The molecule has 0 amide bonds. The Bertz CT molecular complexity index is 684. The summed E-state index contributed by atoms with van der Waals surface area (Å²) in [6, 6.07) is 5.29. The number of anilines is 1. The lowest BCUT2D eigenvalue weighted by Crippen LogP contribution is -2.40. The van der Waals surface area contributed by atoms with Crippen molar-refractivity contribution in [3.05, 3.63) is 28.3 Å². The number of piperidine rings is 1. The summed E-state index contributed by atoms with van der Waals surface area (Å²) in [6.45, 7) is 3.05. The Balaban J connectivity index is 1.63. The van der Waals surface area contributed by atoms with E-state index >= 15 is 0 Å². The SMILES string of the molecule is O=[N+]([O-])c1ccc2nc(N3C[C@@H]4CCCN[C@@H]4C3)[nH]c2c1. The fourth-order valence-electron chi connectivity index (χ4n) is 3.47. The van der Waals surface area contributed by atoms with Crippen LogP contribution in [0.2, 0.25) is 0 Å². The van der Waals surface area contributed by atoms with Crippen LogP contribution in [0.15, 0.2) is 18.2 Å². The smallest absolute Gasteiger partial charge is 0.271 e. The van der Waals surface area contributed by atoms with Gasteiger partial charge in [-0.2, -0.15) is 0 Å². The molecule has 2 N–H and O–H groups in total. The first-order chi connectivity index (χ1) is 10.2. The molecule has 0 spiro atoms. The van der Waals surface area contributed by atoms with Crippen molar-refractivity contribution in [3.63, 3.8) is 0 Å². The second-order valence-electron chi connectivity index (χ2n) is 5.89. The van der Waals surface area contributed by atoms with Gasteiger partial charge in [-0.1, -0.05) is 0 Å². The summed E-state index contributed by atoms with van der Waals surface area (Å²) in [5, 5.41) is 14.4. The first-order valence-electron chi connectivity index (χ1n) is 7.33. The standard InChI is InChI=1S/C14H17N5O2/c20-19(21)10-3-4-11-12(6-10)17-14(16-11)18-7-9-2-1-5-15-13(9)8-18/h3-4,6,9,13,15H,1-2,5,7-8H2,(H,16,17)/t9-,13+/m0/s1. The molecule has 2 aliphatic heterocycles. The van der Waals surface area contributed by atoms with Crippen LogP contribution in [-0.2, 0) is 0 Å². The van der Waals surface area contributed by atoms with E-state index in [0.717, 1.165) is 36.6 Å². The molecule has 2 fully saturated rings. The van der Waals surface area contributed by atoms with Crippen molar-refractivity contribution in [2.24, 2.45) is 5.92 Å². The summed E-state index contributed by atoms with van der Waals surface area (Å²) in [5.41, 5.74) is 1.59. The number of benzene rings is 1. The zero-order valence-electron chi connectivity index (χ0n) is 11.6. The summed E-state index contributed by atoms with van der Waals surface area (Å²) >= 11 is 0. The maximum atomic E-state index is 10.8. The quantitative estimate of drug-likeness (QED) is 0.648. The molecule has 0 unspecified atom stereocenters. The Morgan fingerprint density at radius 3 is 3.10 bits per heavy atom. The summed E-state index contributed by atoms with van der Waals surface area (Å²) < 4.78 is 0. The number of nitro benzene ring substituents is 1. The maximum absolute atomic E-state index is 10.8. The lowest BCUT2D eigenvalue weighted by atomic mass is 9.94. The van der Waals surface area contributed by atoms with E-state index in [1.165, 1.54) is 18.9 Å². The van der Waals surface area contributed by atoms with Crippen LogP contribution in [0.1, 0.15) is 12.8 Å². The highest BCUT2D eigenvalue weighted by Crippen LogP contribution is 2.29. The maximum Gasteiger partial charge on any atom is 0.271 e. The third-order valence-electron chi connectivity index (χ3n) is 4.56. The molecule has 0 bridgehead atoms. The highest BCUT2D eigenvalue weighted by Gasteiger charge is 2.35. The number of nitrogens with one attached hydrogen (secondary N) is 2. The minimum absolute atomic E-state index is 0.0921. The highest BCUT2D eigenvalue weighted by molar-refractivity contribution is 5.80. The number of aromatic amines is 1. The fourth-order valence-corrected chi connectivity index (χ4v) is 3.47. The average molecular weight is 287 g/mol. The average Bonchev–Trinajstić information content (AvgIpc) is 3.09. The van der Waals surface area contributed by atoms with E-state index in [9.17, 15) is 10.1 Å². The highest BCUT2D eigenvalue weighted by atomic mass is 16.6. The summed E-state index contributed by atoms with van der Waals surface area (Å²) in [4.78, 5) is 20.5. The molecule has 1 aromatic heterocycles. The van der Waals surface area contributed by atoms with Crippen LogP contribution in [0.5, 0.6) is 0 Å². The predicted octanol–water partition coefficient (Wildman–Crippen LogP) is 1.66. The lowest BCUT2D eigenvalue weighted by Gasteiger charge is -2.24. The molecule has 7 nitrogen and oxygen atoms in total. The van der Waals surface area contributed by atoms with Gasteiger partial charge in [-0.25, -0.2) is 4.98 Å². The van der Waals surface area contributed by atoms with Crippen LogP contribution in [-0.4, -0.2) is 40.6 Å². The Labute approximate surface area is 121 Å². The summed E-state index contributed by atoms with van der Waals surface area (Å²) in [7, 11) is 0. The van der Waals surface area contributed by atoms with Crippen molar-refractivity contribution in [2.45, 2.75) is 18.9 Å². The number of nitrogens with zero attached hydrogens (tertiary/aromatic N) is 3. The molecule has 21 heavy (non-hydrogen) atoms. The normalized spacial score (nSPS) is 25.2. The number of aromatic nitrogens is 2. The monoisotopic (exact) mass is 287 g/mol. The number of imidazole rings is 1. The van der Waals surface area contributed by atoms with Crippen molar-refractivity contribution >= 4 is 22.7 Å². The van der Waals surface area contributed by atoms with Gasteiger partial charge in [-0.3, -0.25) is 10.1 Å². The molecule has 2 aliphatic rings. The number of rotatable bonds is 2. The third kappa shape index (κ3) is 2.13. The number of hydrogen-bond donors (Lipinski definition) is 2. The van der Waals surface area contributed by atoms with Crippen molar-refractivity contribution in [1.29, 1.82) is 0 Å². The van der Waals surface area contributed by atoms with Crippen LogP contribution in [0.4, 0.5) is 11.6 Å². The van der Waals surface area contributed by atoms with Crippen LogP contribution >= 0.6 is 0 Å². The van der Waals surface area contributed by atoms with Crippen molar-refractivity contribution in [2.75, 3.05) is 24.5 Å². The van der Waals surface area contributed by atoms with E-state index < -0.39 is 0 Å². The van der Waals surface area contributed by atoms with E-state index in [-0.39, 0.29) is 10.6 Å². The van der Waals surface area contributed by atoms with Gasteiger partial charge in [0.05, 0.1) is 16.0 Å². The van der Waals surface area contributed by atoms with Gasteiger partial charge in [0.15, 0.2) is 0 Å². The van der Waals surface area contributed by atoms with Gasteiger partial charge in [-0.15, -0.1) is 0 Å². The van der Waals surface area contributed by atoms with Crippen LogP contribution in [0.25, 0.3) is 11.0 Å². The fraction of sp³-hybridized carbons (Fsp3) is 0.500. The van der Waals surface area contributed by atoms with E-state index in [4.69, 9.17) is 0 Å². The van der Waals surface area contributed by atoms with Gasteiger partial charge in [0.2, 0.25) is 5.95 Å². The molecule has 2 aromatic rings. The van der Waals surface area contributed by atoms with Gasteiger partial charge in [0.25, 0.3) is 5.69 Å². The molecule has 0 saturated carbocycles. The topological polar surface area (TPSA) is 87.1 Å². The van der Waals surface area contributed by atoms with E-state index in [2.05, 4.69) is 20.2 Å². The molecular formula is C14H17N5O2. The number of hydrogen-bond acceptors (Lipinski definition) is 5. The van der Waals surface area contributed by atoms with Crippen LogP contribution in [0, 0.1) is 16.0 Å². The Morgan fingerprint density at radius 1 is 1.38 bits per heavy atom. The molecule has 0 aliphatic carbocycles. The van der Waals surface area contributed by atoms with Crippen molar-refractivity contribution in [3.8, 4) is 0 Å². The van der Waals surface area contributed by atoms with Gasteiger partial charge in [0, 0.05) is 31.3 Å². The minimum atomic E-state index is -0.381. The van der Waals surface area contributed by atoms with Gasteiger partial charge >= 0.3 is 0 Å². The molecule has 4 rings (SSSR count). The number of fused-ring (bicyclic) bond motifs is 2. The first kappa shape index (κ1) is 12.6. The van der Waals surface area contributed by atoms with E-state index in [1.54, 1.807) is 12.1 Å². The van der Waals surface area contributed by atoms with E-state index in [0.29, 0.717) is 12.0 Å². The Morgan fingerprint density at radius 2 is 2.29 bits per heavy atom. The van der Waals surface area contributed by atoms with Gasteiger partial charge in [-0.05, 0) is 31.4 Å². The van der Waals surface area contributed by atoms with Gasteiger partial charge in [0.1, 0.15) is 0 Å². The molecule has 110 valence electrons. The largest absolute Gasteiger partial charge is 0.340 e. The molecule has 0 radical (unpaired) electrons. The second-order valence-corrected chi connectivity index (χ2v) is 5.89. The zero-order chi connectivity index (χ0) is 14.4. The number of non-ortho nitro benzene ring substituents is 1. The van der Waals surface area contributed by atoms with Crippen molar-refractivity contribution < 1.29 is 4.92 Å². The molecule has 1 aromatic carbocycles. The zero-order valence-corrected chi connectivity index (χ0v) is 11.6. The second kappa shape index (κ2) is 4.70. The Kier molecular flexibility index (Phi) is 2.81. The van der Waals surface area contributed by atoms with Crippen molar-refractivity contribution in [1.82, 2.24) is 15.3 Å². The van der Waals surface area contributed by atoms with E-state index in [1.807, 2.05) is 0 Å². The summed E-state index contributed by atoms with van der Waals surface area (Å²) in [6.07, 6.45) is 2.50. The van der Waals surface area contributed by atoms with Gasteiger partial charge < -0.3 is 15.2 Å². The predicted molar refractivity (Wildman–Crippen MR) is 79.5 cm³/mol. The minimum Gasteiger partial charge on any atom is -0.340 e. The molecule has 3 heterocycles. The number of nitro groups is 1. The first-order valence-corrected chi connectivity index (χ1v) is 7.33. The van der Waals surface area contributed by atoms with Crippen LogP contribution < -0.4 is 10.2 Å². The third-order valence-corrected chi connectivity index (χ3v) is 4.56. The molecule has 7 heteroatoms. The Hall–Kier alpha value is -2.15. The number of H-pyrrole nitrogens is 1. The summed E-state index contributed by atoms with van der Waals surface area (Å²) in [5.74, 6) is 1.50. The molecule has 2 atom stereocenters. The lowest BCUT2D eigenvalue weighted by molar-refractivity contribution is -0.384.